The van der Waals surface area contributed by atoms with E-state index in [0.717, 1.165) is 35.1 Å². The third kappa shape index (κ3) is 3.17. The minimum Gasteiger partial charge on any atom is -0.327 e. The van der Waals surface area contributed by atoms with E-state index in [4.69, 9.17) is 0 Å². The number of quaternary nitrogens is 2. The molecule has 2 heterocycles. The van der Waals surface area contributed by atoms with Crippen molar-refractivity contribution in [2.75, 3.05) is 67.5 Å². The van der Waals surface area contributed by atoms with Crippen molar-refractivity contribution < 1.29 is 28.1 Å². The molecule has 0 N–H and O–H groups in total. The molecule has 4 aliphatic carbocycles. The summed E-state index contributed by atoms with van der Waals surface area (Å²) >= 11 is 0. The largest absolute Gasteiger partial charge is 0.327 e. The number of allylic oxidation sites excluding steroid dienone is 2. The lowest BCUT2D eigenvalue weighted by Gasteiger charge is -2.60. The van der Waals surface area contributed by atoms with E-state index in [-0.39, 0.29) is 71.0 Å². The summed E-state index contributed by atoms with van der Waals surface area (Å²) in [5.74, 6) is -1.82. The molecule has 0 radical (unpaired) electrons. The van der Waals surface area contributed by atoms with Gasteiger partial charge in [-0.1, -0.05) is 12.2 Å². The van der Waals surface area contributed by atoms with Crippen LogP contribution in [0.3, 0.4) is 0 Å². The third-order valence-corrected chi connectivity index (χ3v) is 10.1. The van der Waals surface area contributed by atoms with Gasteiger partial charge in [-0.3, -0.25) is 29.0 Å². The number of nitrogens with zero attached hydrogens (tertiary/aromatic N) is 4. The van der Waals surface area contributed by atoms with Gasteiger partial charge in [0, 0.05) is 0 Å². The van der Waals surface area contributed by atoms with Crippen molar-refractivity contribution in [2.45, 2.75) is 13.8 Å². The predicted octanol–water partition coefficient (Wildman–Crippen LogP) is 0.443. The normalized spacial score (nSPS) is 38.4. The minimum atomic E-state index is -0.366. The van der Waals surface area contributed by atoms with Gasteiger partial charge in [0.15, 0.2) is 0 Å². The summed E-state index contributed by atoms with van der Waals surface area (Å²) < 4.78 is 1.50. The number of likely N-dealkylation sites (tertiary alicyclic amines) is 2. The third-order valence-electron chi connectivity index (χ3n) is 10.1. The van der Waals surface area contributed by atoms with E-state index in [9.17, 15) is 19.2 Å². The van der Waals surface area contributed by atoms with Crippen LogP contribution in [-0.2, 0) is 19.2 Å². The molecule has 8 heteroatoms. The molecule has 6 rings (SSSR count). The molecule has 2 saturated heterocycles. The van der Waals surface area contributed by atoms with Crippen molar-refractivity contribution in [2.24, 2.45) is 47.3 Å². The van der Waals surface area contributed by atoms with Gasteiger partial charge >= 0.3 is 0 Å². The fourth-order valence-corrected chi connectivity index (χ4v) is 7.22. The van der Waals surface area contributed by atoms with Crippen LogP contribution >= 0.6 is 0 Å². The van der Waals surface area contributed by atoms with Gasteiger partial charge in [-0.25, -0.2) is 0 Å². The molecule has 0 aromatic carbocycles. The Kier molecular flexibility index (Phi) is 5.37. The molecule has 2 saturated carbocycles. The van der Waals surface area contributed by atoms with Crippen LogP contribution in [0.5, 0.6) is 0 Å². The molecule has 186 valence electrons. The Morgan fingerprint density at radius 2 is 0.941 bits per heavy atom. The van der Waals surface area contributed by atoms with Gasteiger partial charge in [0.1, 0.15) is 0 Å². The second kappa shape index (κ2) is 7.72. The number of imide groups is 2. The summed E-state index contributed by atoms with van der Waals surface area (Å²) in [4.78, 5) is 56.7. The smallest absolute Gasteiger partial charge is 0.233 e. The van der Waals surface area contributed by atoms with Crippen molar-refractivity contribution in [3.63, 3.8) is 0 Å². The first-order valence-electron chi connectivity index (χ1n) is 13.0. The number of amides is 4. The first kappa shape index (κ1) is 23.7. The molecule has 34 heavy (non-hydrogen) atoms. The number of carbonyl (C=O) groups is 4. The van der Waals surface area contributed by atoms with Crippen LogP contribution < -0.4 is 0 Å². The molecule has 2 bridgehead atoms. The first-order valence-corrected chi connectivity index (χ1v) is 13.0. The summed E-state index contributed by atoms with van der Waals surface area (Å²) in [6.07, 6.45) is 4.17. The monoisotopic (exact) mass is 472 g/mol. The van der Waals surface area contributed by atoms with Crippen LogP contribution in [0, 0.1) is 47.3 Å². The van der Waals surface area contributed by atoms with E-state index in [1.165, 1.54) is 9.80 Å². The summed E-state index contributed by atoms with van der Waals surface area (Å²) in [7, 11) is 8.42. The summed E-state index contributed by atoms with van der Waals surface area (Å²) in [6.45, 7) is 8.41. The van der Waals surface area contributed by atoms with E-state index in [0.29, 0.717) is 13.1 Å². The molecule has 1 unspecified atom stereocenters. The molecule has 2 aliphatic heterocycles. The van der Waals surface area contributed by atoms with Gasteiger partial charge in [0.2, 0.25) is 23.6 Å². The number of likely N-dealkylation sites (N-methyl/N-ethyl adjacent to an activating group) is 2. The van der Waals surface area contributed by atoms with E-state index >= 15 is 0 Å². The van der Waals surface area contributed by atoms with Crippen LogP contribution in [0.25, 0.3) is 0 Å². The Morgan fingerprint density at radius 1 is 0.618 bits per heavy atom. The Balaban J connectivity index is 1.36. The number of hydrogen-bond donors (Lipinski definition) is 0. The van der Waals surface area contributed by atoms with Gasteiger partial charge < -0.3 is 8.97 Å². The quantitative estimate of drug-likeness (QED) is 0.292. The maximum absolute atomic E-state index is 13.5. The SMILES string of the molecule is CC[N+](C)(C)CCN1C(=O)[C@H]2[C@@H]3C=C[C@@H](C4[C@H]3[C@H]3C(=O)N(CC[N+](C)(C)CC)C(=O)[C@@H]43)[C@H]2C1=O. The van der Waals surface area contributed by atoms with Crippen molar-refractivity contribution >= 4 is 23.6 Å². The highest BCUT2D eigenvalue weighted by Gasteiger charge is 2.74. The zero-order valence-corrected chi connectivity index (χ0v) is 21.4. The van der Waals surface area contributed by atoms with Crippen LogP contribution in [0.1, 0.15) is 13.8 Å². The first-order chi connectivity index (χ1) is 15.9. The summed E-state index contributed by atoms with van der Waals surface area (Å²) in [5.41, 5.74) is 0. The summed E-state index contributed by atoms with van der Waals surface area (Å²) in [5, 5.41) is 0. The lowest BCUT2D eigenvalue weighted by atomic mass is 9.40. The van der Waals surface area contributed by atoms with E-state index in [2.05, 4.69) is 54.2 Å². The highest BCUT2D eigenvalue weighted by atomic mass is 16.2. The maximum atomic E-state index is 13.5. The Morgan fingerprint density at radius 3 is 1.26 bits per heavy atom. The van der Waals surface area contributed by atoms with Crippen LogP contribution in [-0.4, -0.2) is 110 Å². The number of rotatable bonds is 8. The second-order valence-corrected chi connectivity index (χ2v) is 12.4. The van der Waals surface area contributed by atoms with Crippen LogP contribution in [0.2, 0.25) is 0 Å². The highest BCUT2D eigenvalue weighted by Crippen LogP contribution is 2.68. The molecule has 0 aromatic rings. The van der Waals surface area contributed by atoms with E-state index in [1.807, 2.05) is 0 Å². The lowest BCUT2D eigenvalue weighted by molar-refractivity contribution is -0.887. The average molecular weight is 473 g/mol. The lowest BCUT2D eigenvalue weighted by Crippen LogP contribution is -2.63. The van der Waals surface area contributed by atoms with Crippen molar-refractivity contribution in [3.05, 3.63) is 12.2 Å². The second-order valence-electron chi connectivity index (χ2n) is 12.4. The van der Waals surface area contributed by atoms with E-state index in [1.54, 1.807) is 0 Å². The van der Waals surface area contributed by atoms with Crippen LogP contribution in [0.15, 0.2) is 12.2 Å². The number of carbonyl (C=O) groups excluding carboxylic acids is 4. The van der Waals surface area contributed by atoms with Gasteiger partial charge in [-0.2, -0.15) is 0 Å². The van der Waals surface area contributed by atoms with Crippen molar-refractivity contribution in [1.82, 2.24) is 9.80 Å². The molecule has 0 spiro atoms. The Bertz CT molecular complexity index is 916. The Hall–Kier alpha value is -2.06. The molecule has 6 aliphatic rings. The molecular weight excluding hydrogens is 432 g/mol. The zero-order valence-electron chi connectivity index (χ0n) is 21.4. The Labute approximate surface area is 202 Å². The molecule has 8 nitrogen and oxygen atoms in total. The van der Waals surface area contributed by atoms with Gasteiger partial charge in [0.25, 0.3) is 0 Å². The van der Waals surface area contributed by atoms with Gasteiger partial charge in [0.05, 0.1) is 91.1 Å². The fourth-order valence-electron chi connectivity index (χ4n) is 7.22. The standard InChI is InChI=1S/C26H40N4O4/c1-7-29(3,4)13-11-27-23(31)19-15-9-10-16(20(19)24(27)32)18-17(15)21-22(18)26(34)28(25(21)33)12-14-30(5,6)8-2/h9-10,15-22H,7-8,11-14H2,1-6H3/q+2/t15-,16+,17+,18?,19+,20-,21-,22+/m1/s1. The van der Waals surface area contributed by atoms with Gasteiger partial charge in [-0.15, -0.1) is 0 Å². The molecule has 0 aromatic heterocycles. The topological polar surface area (TPSA) is 74.8 Å². The summed E-state index contributed by atoms with van der Waals surface area (Å²) in [6, 6.07) is 0. The number of fused-ring (bicyclic) bond motifs is 1. The zero-order chi connectivity index (χ0) is 24.7. The van der Waals surface area contributed by atoms with Crippen molar-refractivity contribution in [1.29, 1.82) is 0 Å². The van der Waals surface area contributed by atoms with E-state index < -0.39 is 0 Å². The maximum Gasteiger partial charge on any atom is 0.233 e. The molecule has 4 amide bonds. The fraction of sp³-hybridized carbons (Fsp3) is 0.769. The van der Waals surface area contributed by atoms with Crippen molar-refractivity contribution in [3.8, 4) is 0 Å². The molecular formula is C26H40N4O4+2. The van der Waals surface area contributed by atoms with Crippen LogP contribution in [0.4, 0.5) is 0 Å². The van der Waals surface area contributed by atoms with Gasteiger partial charge in [-0.05, 0) is 37.5 Å². The minimum absolute atomic E-state index is 0.0101. The number of hydrogen-bond acceptors (Lipinski definition) is 4. The average Bonchev–Trinajstić information content (AvgIpc) is 3.15. The predicted molar refractivity (Wildman–Crippen MR) is 126 cm³/mol. The highest BCUT2D eigenvalue weighted by molar-refractivity contribution is 6.09. The molecule has 8 atom stereocenters. The molecule has 4 fully saturated rings.